The molecular formula is C23H18N4O5. The number of nitrogens with zero attached hydrogens (tertiary/aromatic N) is 3. The van der Waals surface area contributed by atoms with Crippen molar-refractivity contribution in [1.29, 1.82) is 0 Å². The molecule has 1 saturated carbocycles. The van der Waals surface area contributed by atoms with E-state index in [0.717, 1.165) is 11.1 Å². The summed E-state index contributed by atoms with van der Waals surface area (Å²) in [5, 5.41) is 11.1. The highest BCUT2D eigenvalue weighted by atomic mass is 16.7. The molecule has 3 heterocycles. The van der Waals surface area contributed by atoms with Crippen molar-refractivity contribution in [1.82, 2.24) is 20.6 Å². The molecule has 2 aromatic carbocycles. The van der Waals surface area contributed by atoms with E-state index in [9.17, 15) is 4.79 Å². The van der Waals surface area contributed by atoms with E-state index < -0.39 is 5.41 Å². The molecule has 0 unspecified atom stereocenters. The van der Waals surface area contributed by atoms with E-state index in [-0.39, 0.29) is 19.2 Å². The van der Waals surface area contributed by atoms with Crippen LogP contribution in [-0.2, 0) is 16.8 Å². The molecule has 1 amide bonds. The van der Waals surface area contributed by atoms with Crippen molar-refractivity contribution in [3.63, 3.8) is 0 Å². The van der Waals surface area contributed by atoms with Crippen molar-refractivity contribution < 1.29 is 23.3 Å². The van der Waals surface area contributed by atoms with Crippen LogP contribution in [0, 0.1) is 0 Å². The lowest BCUT2D eigenvalue weighted by Gasteiger charge is -2.10. The Morgan fingerprint density at radius 3 is 2.62 bits per heavy atom. The summed E-state index contributed by atoms with van der Waals surface area (Å²) in [4.78, 5) is 17.3. The van der Waals surface area contributed by atoms with E-state index in [1.54, 1.807) is 0 Å². The first-order valence-electron chi connectivity index (χ1n) is 10.2. The Labute approximate surface area is 182 Å². The number of amides is 1. The minimum Gasteiger partial charge on any atom is -0.454 e. The van der Waals surface area contributed by atoms with Gasteiger partial charge < -0.3 is 23.8 Å². The number of ether oxygens (including phenoxy) is 2. The quantitative estimate of drug-likeness (QED) is 0.495. The molecular weight excluding hydrogens is 412 g/mol. The van der Waals surface area contributed by atoms with Crippen LogP contribution in [0.3, 0.4) is 0 Å². The van der Waals surface area contributed by atoms with E-state index >= 15 is 0 Å². The Morgan fingerprint density at radius 1 is 0.938 bits per heavy atom. The van der Waals surface area contributed by atoms with Crippen LogP contribution in [0.15, 0.2) is 63.6 Å². The second-order valence-corrected chi connectivity index (χ2v) is 7.79. The highest BCUT2D eigenvalue weighted by Gasteiger charge is 2.53. The second-order valence-electron chi connectivity index (χ2n) is 7.79. The third kappa shape index (κ3) is 3.18. The monoisotopic (exact) mass is 430 g/mol. The predicted molar refractivity (Wildman–Crippen MR) is 111 cm³/mol. The Bertz CT molecular complexity index is 1290. The van der Waals surface area contributed by atoms with Gasteiger partial charge in [0.15, 0.2) is 17.3 Å². The maximum Gasteiger partial charge on any atom is 0.246 e. The molecule has 2 aromatic heterocycles. The maximum atomic E-state index is 13.0. The zero-order chi connectivity index (χ0) is 21.5. The van der Waals surface area contributed by atoms with Gasteiger partial charge in [0.2, 0.25) is 24.4 Å². The first-order valence-corrected chi connectivity index (χ1v) is 10.2. The average molecular weight is 430 g/mol. The van der Waals surface area contributed by atoms with Gasteiger partial charge in [-0.15, -0.1) is 0 Å². The van der Waals surface area contributed by atoms with Crippen molar-refractivity contribution in [3.05, 3.63) is 66.2 Å². The maximum absolute atomic E-state index is 13.0. The molecule has 0 atom stereocenters. The number of aromatic nitrogens is 3. The second kappa shape index (κ2) is 7.23. The fourth-order valence-corrected chi connectivity index (χ4v) is 3.77. The van der Waals surface area contributed by atoms with Crippen molar-refractivity contribution >= 4 is 5.91 Å². The van der Waals surface area contributed by atoms with Crippen LogP contribution < -0.4 is 14.8 Å². The van der Waals surface area contributed by atoms with Crippen molar-refractivity contribution in [2.45, 2.75) is 24.8 Å². The van der Waals surface area contributed by atoms with Crippen molar-refractivity contribution in [3.8, 4) is 34.2 Å². The van der Waals surface area contributed by atoms with E-state index in [2.05, 4.69) is 20.6 Å². The first kappa shape index (κ1) is 18.6. The van der Waals surface area contributed by atoms with Crippen LogP contribution >= 0.6 is 0 Å². The van der Waals surface area contributed by atoms with Gasteiger partial charge in [0.1, 0.15) is 0 Å². The summed E-state index contributed by atoms with van der Waals surface area (Å²) in [6, 6.07) is 16.9. The number of hydrogen-bond donors (Lipinski definition) is 1. The van der Waals surface area contributed by atoms with Gasteiger partial charge in [-0.1, -0.05) is 40.6 Å². The normalized spacial score (nSPS) is 15.5. The Morgan fingerprint density at radius 2 is 1.78 bits per heavy atom. The van der Waals surface area contributed by atoms with E-state index in [1.807, 2.05) is 54.6 Å². The molecule has 32 heavy (non-hydrogen) atoms. The topological polar surface area (TPSA) is 113 Å². The Hall–Kier alpha value is -4.14. The first-order chi connectivity index (χ1) is 15.7. The zero-order valence-corrected chi connectivity index (χ0v) is 16.9. The van der Waals surface area contributed by atoms with E-state index in [0.29, 0.717) is 47.5 Å². The lowest BCUT2D eigenvalue weighted by molar-refractivity contribution is -0.124. The number of carbonyl (C=O) groups is 1. The fourth-order valence-electron chi connectivity index (χ4n) is 3.77. The molecule has 6 rings (SSSR count). The lowest BCUT2D eigenvalue weighted by atomic mass is 10.0. The number of benzene rings is 2. The molecule has 160 valence electrons. The molecule has 9 nitrogen and oxygen atoms in total. The molecule has 1 fully saturated rings. The molecule has 0 radical (unpaired) electrons. The Balaban J connectivity index is 1.15. The smallest absolute Gasteiger partial charge is 0.246 e. The SMILES string of the molecule is O=C(NCc1nc(-c2ccccc2)no1)C1(c2cc(-c3ccc4c(c3)OCO4)on2)CC1. The van der Waals surface area contributed by atoms with Crippen molar-refractivity contribution in [2.24, 2.45) is 0 Å². The molecule has 1 N–H and O–H groups in total. The van der Waals surface area contributed by atoms with Gasteiger partial charge in [0.05, 0.1) is 17.7 Å². The van der Waals surface area contributed by atoms with E-state index in [1.165, 1.54) is 0 Å². The average Bonchev–Trinajstić information content (AvgIpc) is 3.22. The molecule has 0 spiro atoms. The minimum absolute atomic E-state index is 0.137. The van der Waals surface area contributed by atoms with Crippen LogP contribution in [0.1, 0.15) is 24.4 Å². The molecule has 0 bridgehead atoms. The number of hydrogen-bond acceptors (Lipinski definition) is 8. The third-order valence-electron chi connectivity index (χ3n) is 5.74. The van der Waals surface area contributed by atoms with Crippen LogP contribution in [0.2, 0.25) is 0 Å². The largest absolute Gasteiger partial charge is 0.454 e. The standard InChI is InChI=1S/C23H18N4O5/c28-22(24-12-20-25-21(27-32-20)14-4-2-1-3-5-14)23(8-9-23)19-11-17(31-26-19)15-6-7-16-18(10-15)30-13-29-16/h1-7,10-11H,8-9,12-13H2,(H,24,28). The number of carbonyl (C=O) groups excluding carboxylic acids is 1. The summed E-state index contributed by atoms with van der Waals surface area (Å²) in [5.74, 6) is 2.62. The zero-order valence-electron chi connectivity index (χ0n) is 16.9. The van der Waals surface area contributed by atoms with Crippen molar-refractivity contribution in [2.75, 3.05) is 6.79 Å². The minimum atomic E-state index is -0.694. The number of rotatable bonds is 6. The predicted octanol–water partition coefficient (Wildman–Crippen LogP) is 3.47. The molecule has 9 heteroatoms. The summed E-state index contributed by atoms with van der Waals surface area (Å²) in [7, 11) is 0. The molecule has 2 aliphatic rings. The van der Waals surface area contributed by atoms with Gasteiger partial charge in [-0.3, -0.25) is 4.79 Å². The summed E-state index contributed by atoms with van der Waals surface area (Å²) < 4.78 is 21.6. The Kier molecular flexibility index (Phi) is 4.20. The van der Waals surface area contributed by atoms with E-state index in [4.69, 9.17) is 18.5 Å². The lowest BCUT2D eigenvalue weighted by Crippen LogP contribution is -2.34. The third-order valence-corrected chi connectivity index (χ3v) is 5.74. The van der Waals surface area contributed by atoms with Crippen LogP contribution in [0.25, 0.3) is 22.7 Å². The number of fused-ring (bicyclic) bond motifs is 1. The highest BCUT2D eigenvalue weighted by molar-refractivity contribution is 5.91. The van der Waals surface area contributed by atoms with Crippen LogP contribution in [0.5, 0.6) is 11.5 Å². The summed E-state index contributed by atoms with van der Waals surface area (Å²) in [5.41, 5.74) is 1.58. The summed E-state index contributed by atoms with van der Waals surface area (Å²) >= 11 is 0. The van der Waals surface area contributed by atoms with Crippen LogP contribution in [-0.4, -0.2) is 28.0 Å². The van der Waals surface area contributed by atoms with Crippen LogP contribution in [0.4, 0.5) is 0 Å². The highest BCUT2D eigenvalue weighted by Crippen LogP contribution is 2.49. The molecule has 0 saturated heterocycles. The number of nitrogens with one attached hydrogen (secondary N) is 1. The van der Waals surface area contributed by atoms with Gasteiger partial charge in [-0.05, 0) is 31.0 Å². The van der Waals surface area contributed by atoms with Gasteiger partial charge in [-0.2, -0.15) is 4.98 Å². The van der Waals surface area contributed by atoms with Gasteiger partial charge in [0.25, 0.3) is 0 Å². The summed E-state index contributed by atoms with van der Waals surface area (Å²) in [6.45, 7) is 0.351. The molecule has 1 aliphatic carbocycles. The molecule has 4 aromatic rings. The van der Waals surface area contributed by atoms with Gasteiger partial charge >= 0.3 is 0 Å². The fraction of sp³-hybridized carbons (Fsp3) is 0.217. The van der Waals surface area contributed by atoms with Gasteiger partial charge in [-0.25, -0.2) is 0 Å². The molecule has 1 aliphatic heterocycles. The van der Waals surface area contributed by atoms with Gasteiger partial charge in [0, 0.05) is 17.2 Å². The summed E-state index contributed by atoms with van der Waals surface area (Å²) in [6.07, 6.45) is 1.40.